The van der Waals surface area contributed by atoms with Gasteiger partial charge in [-0.25, -0.2) is 9.78 Å². The fourth-order valence-electron chi connectivity index (χ4n) is 3.64. The minimum Gasteiger partial charge on any atom is -0.477 e. The molecule has 150 valence electrons. The molecule has 1 aliphatic carbocycles. The number of nitrogens with one attached hydrogen (secondary N) is 1. The van der Waals surface area contributed by atoms with Crippen molar-refractivity contribution >= 4 is 23.1 Å². The molecule has 4 aromatic rings. The number of oxazole rings is 1. The lowest BCUT2D eigenvalue weighted by atomic mass is 10.1. The van der Waals surface area contributed by atoms with Crippen molar-refractivity contribution in [1.82, 2.24) is 9.97 Å². The summed E-state index contributed by atoms with van der Waals surface area (Å²) in [5.41, 5.74) is 3.17. The number of carboxylic acids is 1. The van der Waals surface area contributed by atoms with Gasteiger partial charge in [0.25, 0.3) is 6.01 Å². The molecule has 0 saturated heterocycles. The summed E-state index contributed by atoms with van der Waals surface area (Å²) in [6.45, 7) is 0. The van der Waals surface area contributed by atoms with Crippen LogP contribution in [0.15, 0.2) is 65.2 Å². The predicted octanol–water partition coefficient (Wildman–Crippen LogP) is 3.78. The molecule has 2 heterocycles. The van der Waals surface area contributed by atoms with Gasteiger partial charge in [-0.05, 0) is 29.3 Å². The molecule has 0 unspecified atom stereocenters. The van der Waals surface area contributed by atoms with Gasteiger partial charge < -0.3 is 24.7 Å². The van der Waals surface area contributed by atoms with Gasteiger partial charge in [0.2, 0.25) is 0 Å². The summed E-state index contributed by atoms with van der Waals surface area (Å²) >= 11 is 0. The molecule has 0 aliphatic heterocycles. The molecule has 2 aromatic carbocycles. The van der Waals surface area contributed by atoms with E-state index in [-0.39, 0.29) is 11.7 Å². The Bertz CT molecular complexity index is 1250. The van der Waals surface area contributed by atoms with Crippen LogP contribution in [0, 0.1) is 0 Å². The van der Waals surface area contributed by atoms with Crippen molar-refractivity contribution in [1.29, 1.82) is 0 Å². The summed E-state index contributed by atoms with van der Waals surface area (Å²) in [6, 6.07) is 16.0. The molecule has 0 spiro atoms. The Morgan fingerprint density at radius 2 is 1.97 bits per heavy atom. The first-order valence-electron chi connectivity index (χ1n) is 9.37. The van der Waals surface area contributed by atoms with Gasteiger partial charge in [0, 0.05) is 24.8 Å². The number of pyridine rings is 1. The first-order valence-corrected chi connectivity index (χ1v) is 9.37. The van der Waals surface area contributed by atoms with E-state index in [4.69, 9.17) is 14.3 Å². The van der Waals surface area contributed by atoms with Crippen LogP contribution in [0.3, 0.4) is 0 Å². The molecule has 5 rings (SSSR count). The monoisotopic (exact) mass is 403 g/mol. The first kappa shape index (κ1) is 18.1. The smallest absolute Gasteiger partial charge is 0.354 e. The number of aromatic carboxylic acids is 1. The SMILES string of the molecule is O=C(O)c1cc(Oc2ccc3nc(N[C@@H]4c5ccccc5C[C@@H]4O)oc3c2)ccn1. The van der Waals surface area contributed by atoms with Gasteiger partial charge in [0.15, 0.2) is 11.3 Å². The van der Waals surface area contributed by atoms with E-state index in [1.54, 1.807) is 24.3 Å². The molecule has 3 N–H and O–H groups in total. The molecule has 8 nitrogen and oxygen atoms in total. The van der Waals surface area contributed by atoms with Crippen LogP contribution in [0.1, 0.15) is 27.7 Å². The van der Waals surface area contributed by atoms with Crippen LogP contribution in [0.2, 0.25) is 0 Å². The van der Waals surface area contributed by atoms with Gasteiger partial charge in [0.1, 0.15) is 17.0 Å². The third-order valence-corrected chi connectivity index (χ3v) is 5.03. The maximum Gasteiger partial charge on any atom is 0.354 e. The molecule has 0 saturated carbocycles. The van der Waals surface area contributed by atoms with E-state index < -0.39 is 12.1 Å². The van der Waals surface area contributed by atoms with E-state index in [9.17, 15) is 9.90 Å². The highest BCUT2D eigenvalue weighted by atomic mass is 16.5. The van der Waals surface area contributed by atoms with Crippen LogP contribution in [0.25, 0.3) is 11.1 Å². The lowest BCUT2D eigenvalue weighted by molar-refractivity contribution is 0.0690. The minimum absolute atomic E-state index is 0.102. The molecule has 2 aromatic heterocycles. The molecule has 8 heteroatoms. The maximum atomic E-state index is 11.1. The van der Waals surface area contributed by atoms with Crippen LogP contribution in [-0.4, -0.2) is 32.3 Å². The quantitative estimate of drug-likeness (QED) is 0.461. The number of fused-ring (bicyclic) bond motifs is 2. The Balaban J connectivity index is 1.38. The van der Waals surface area contributed by atoms with Gasteiger partial charge in [-0.15, -0.1) is 0 Å². The van der Waals surface area contributed by atoms with Gasteiger partial charge in [0.05, 0.1) is 12.1 Å². The summed E-state index contributed by atoms with van der Waals surface area (Å²) in [5, 5.41) is 22.7. The molecule has 2 atom stereocenters. The van der Waals surface area contributed by atoms with Gasteiger partial charge in [-0.2, -0.15) is 4.98 Å². The molecule has 0 radical (unpaired) electrons. The highest BCUT2D eigenvalue weighted by Crippen LogP contribution is 2.35. The van der Waals surface area contributed by atoms with Crippen molar-refractivity contribution in [2.24, 2.45) is 0 Å². The number of carbonyl (C=O) groups is 1. The number of carboxylic acid groups (broad SMARTS) is 1. The number of aliphatic hydroxyl groups excluding tert-OH is 1. The van der Waals surface area contributed by atoms with Crippen molar-refractivity contribution in [3.8, 4) is 11.5 Å². The van der Waals surface area contributed by atoms with E-state index in [1.807, 2.05) is 24.3 Å². The number of hydrogen-bond donors (Lipinski definition) is 3. The largest absolute Gasteiger partial charge is 0.477 e. The molecule has 0 bridgehead atoms. The third kappa shape index (κ3) is 3.33. The fourth-order valence-corrected chi connectivity index (χ4v) is 3.64. The highest BCUT2D eigenvalue weighted by Gasteiger charge is 2.31. The van der Waals surface area contributed by atoms with Crippen LogP contribution in [0.4, 0.5) is 6.01 Å². The number of nitrogens with zero attached hydrogens (tertiary/aromatic N) is 2. The van der Waals surface area contributed by atoms with Crippen LogP contribution < -0.4 is 10.1 Å². The fraction of sp³-hybridized carbons (Fsp3) is 0.136. The molecular formula is C22H17N3O5. The Morgan fingerprint density at radius 3 is 2.83 bits per heavy atom. The van der Waals surface area contributed by atoms with E-state index in [0.29, 0.717) is 35.0 Å². The number of anilines is 1. The Labute approximate surface area is 170 Å². The van der Waals surface area contributed by atoms with Crippen molar-refractivity contribution < 1.29 is 24.2 Å². The topological polar surface area (TPSA) is 118 Å². The average Bonchev–Trinajstić information content (AvgIpc) is 3.28. The van der Waals surface area contributed by atoms with E-state index in [2.05, 4.69) is 15.3 Å². The van der Waals surface area contributed by atoms with E-state index in [1.165, 1.54) is 12.3 Å². The normalized spacial score (nSPS) is 17.6. The molecular weight excluding hydrogens is 386 g/mol. The van der Waals surface area contributed by atoms with Crippen LogP contribution in [-0.2, 0) is 6.42 Å². The number of aromatic nitrogens is 2. The van der Waals surface area contributed by atoms with Crippen molar-refractivity contribution in [3.63, 3.8) is 0 Å². The molecule has 0 fully saturated rings. The molecule has 30 heavy (non-hydrogen) atoms. The second-order valence-electron chi connectivity index (χ2n) is 7.02. The summed E-state index contributed by atoms with van der Waals surface area (Å²) in [4.78, 5) is 19.3. The van der Waals surface area contributed by atoms with Crippen molar-refractivity contribution in [2.45, 2.75) is 18.6 Å². The summed E-state index contributed by atoms with van der Waals surface area (Å²) in [5.74, 6) is -0.304. The van der Waals surface area contributed by atoms with Gasteiger partial charge in [-0.3, -0.25) is 0 Å². The van der Waals surface area contributed by atoms with Crippen molar-refractivity contribution in [2.75, 3.05) is 5.32 Å². The van der Waals surface area contributed by atoms with E-state index >= 15 is 0 Å². The number of aliphatic hydroxyl groups is 1. The van der Waals surface area contributed by atoms with Crippen molar-refractivity contribution in [3.05, 3.63) is 77.6 Å². The predicted molar refractivity (Wildman–Crippen MR) is 108 cm³/mol. The summed E-state index contributed by atoms with van der Waals surface area (Å²) in [7, 11) is 0. The lowest BCUT2D eigenvalue weighted by Crippen LogP contribution is -2.21. The van der Waals surface area contributed by atoms with Gasteiger partial charge >= 0.3 is 5.97 Å². The second-order valence-corrected chi connectivity index (χ2v) is 7.02. The highest BCUT2D eigenvalue weighted by molar-refractivity contribution is 5.85. The van der Waals surface area contributed by atoms with Crippen LogP contribution >= 0.6 is 0 Å². The number of benzene rings is 2. The number of rotatable bonds is 5. The first-order chi connectivity index (χ1) is 14.6. The Kier molecular flexibility index (Phi) is 4.33. The summed E-state index contributed by atoms with van der Waals surface area (Å²) in [6.07, 6.45) is 1.39. The summed E-state index contributed by atoms with van der Waals surface area (Å²) < 4.78 is 11.5. The number of ether oxygens (including phenoxy) is 1. The second kappa shape index (κ2) is 7.16. The van der Waals surface area contributed by atoms with Crippen LogP contribution in [0.5, 0.6) is 11.5 Å². The lowest BCUT2D eigenvalue weighted by Gasteiger charge is -2.16. The third-order valence-electron chi connectivity index (χ3n) is 5.03. The Morgan fingerprint density at radius 1 is 1.13 bits per heavy atom. The average molecular weight is 403 g/mol. The zero-order valence-electron chi connectivity index (χ0n) is 15.6. The molecule has 1 aliphatic rings. The molecule has 0 amide bonds. The zero-order valence-corrected chi connectivity index (χ0v) is 15.6. The van der Waals surface area contributed by atoms with E-state index in [0.717, 1.165) is 11.1 Å². The minimum atomic E-state index is -1.13. The maximum absolute atomic E-state index is 11.1. The Hall–Kier alpha value is -3.91. The van der Waals surface area contributed by atoms with Gasteiger partial charge in [-0.1, -0.05) is 24.3 Å². The standard InChI is InChI=1S/C22H17N3O5/c26-18-9-12-3-1-2-4-15(12)20(18)25-22-24-16-6-5-13(11-19(16)30-22)29-14-7-8-23-17(10-14)21(27)28/h1-8,10-11,18,20,26H,9H2,(H,24,25)(H,27,28)/t18-,20+/m0/s1. The zero-order chi connectivity index (χ0) is 20.7. The number of hydrogen-bond acceptors (Lipinski definition) is 7.